The number of hydrogen-bond donors (Lipinski definition) is 2. The minimum atomic E-state index is 0.518. The Bertz CT molecular complexity index is 499. The van der Waals surface area contributed by atoms with Gasteiger partial charge in [0.05, 0.1) is 0 Å². The summed E-state index contributed by atoms with van der Waals surface area (Å²) in [6.45, 7) is 13.1. The van der Waals surface area contributed by atoms with Gasteiger partial charge in [-0.15, -0.1) is 0 Å². The summed E-state index contributed by atoms with van der Waals surface area (Å²) in [7, 11) is 4.04. The summed E-state index contributed by atoms with van der Waals surface area (Å²) in [5, 5.41) is 6.87. The van der Waals surface area contributed by atoms with Crippen molar-refractivity contribution in [2.75, 3.05) is 46.8 Å². The van der Waals surface area contributed by atoms with Gasteiger partial charge in [-0.05, 0) is 58.4 Å². The van der Waals surface area contributed by atoms with Crippen molar-refractivity contribution in [2.24, 2.45) is 4.99 Å². The Morgan fingerprint density at radius 2 is 1.70 bits per heavy atom. The van der Waals surface area contributed by atoms with Crippen LogP contribution >= 0.6 is 0 Å². The fourth-order valence-corrected chi connectivity index (χ4v) is 3.07. The van der Waals surface area contributed by atoms with Gasteiger partial charge in [-0.3, -0.25) is 9.89 Å². The average Bonchev–Trinajstić information content (AvgIpc) is 2.69. The van der Waals surface area contributed by atoms with Crippen molar-refractivity contribution in [1.29, 1.82) is 0 Å². The quantitative estimate of drug-likeness (QED) is 0.316. The van der Waals surface area contributed by atoms with Crippen LogP contribution in [-0.2, 0) is 6.54 Å². The van der Waals surface area contributed by atoms with Crippen LogP contribution < -0.4 is 10.6 Å². The monoisotopic (exact) mass is 375 g/mol. The first-order valence-electron chi connectivity index (χ1n) is 10.5. The number of nitrogens with zero attached hydrogens (tertiary/aromatic N) is 3. The fraction of sp³-hybridized carbons (Fsp3) is 0.682. The summed E-state index contributed by atoms with van der Waals surface area (Å²) in [5.74, 6) is 0.913. The van der Waals surface area contributed by atoms with Gasteiger partial charge in [-0.25, -0.2) is 0 Å². The predicted octanol–water partition coefficient (Wildman–Crippen LogP) is 3.18. The van der Waals surface area contributed by atoms with Gasteiger partial charge < -0.3 is 15.5 Å². The lowest BCUT2D eigenvalue weighted by molar-refractivity contribution is 0.238. The van der Waals surface area contributed by atoms with Crippen LogP contribution in [-0.4, -0.2) is 68.6 Å². The van der Waals surface area contributed by atoms with Crippen LogP contribution in [0.1, 0.15) is 45.6 Å². The number of nitrogens with one attached hydrogen (secondary N) is 2. The van der Waals surface area contributed by atoms with Crippen molar-refractivity contribution in [2.45, 2.75) is 52.6 Å². The molecule has 27 heavy (non-hydrogen) atoms. The van der Waals surface area contributed by atoms with E-state index in [1.165, 1.54) is 24.9 Å². The van der Waals surface area contributed by atoms with Crippen LogP contribution in [0.15, 0.2) is 35.3 Å². The van der Waals surface area contributed by atoms with Gasteiger partial charge in [0.2, 0.25) is 0 Å². The van der Waals surface area contributed by atoms with Crippen LogP contribution in [0.4, 0.5) is 0 Å². The first-order valence-corrected chi connectivity index (χ1v) is 10.5. The van der Waals surface area contributed by atoms with E-state index in [4.69, 9.17) is 0 Å². The third kappa shape index (κ3) is 10.4. The molecule has 0 saturated heterocycles. The fourth-order valence-electron chi connectivity index (χ4n) is 3.07. The summed E-state index contributed by atoms with van der Waals surface area (Å²) >= 11 is 0. The molecule has 0 radical (unpaired) electrons. The topological polar surface area (TPSA) is 42.9 Å². The average molecular weight is 376 g/mol. The SMILES string of the molecule is CCN(CC)CCCCNC(=NC)NCCC(C)N(C)Cc1ccccc1. The highest BCUT2D eigenvalue weighted by molar-refractivity contribution is 5.79. The third-order valence-corrected chi connectivity index (χ3v) is 5.19. The summed E-state index contributed by atoms with van der Waals surface area (Å²) in [6, 6.07) is 11.2. The number of rotatable bonds is 13. The van der Waals surface area contributed by atoms with E-state index in [1.54, 1.807) is 0 Å². The van der Waals surface area contributed by atoms with Crippen LogP contribution in [0.25, 0.3) is 0 Å². The van der Waals surface area contributed by atoms with Crippen LogP contribution in [0, 0.1) is 0 Å². The van der Waals surface area contributed by atoms with Gasteiger partial charge in [0, 0.05) is 32.7 Å². The Balaban J connectivity index is 2.17. The molecule has 0 aliphatic carbocycles. The van der Waals surface area contributed by atoms with Gasteiger partial charge in [-0.1, -0.05) is 44.2 Å². The molecule has 0 aliphatic heterocycles. The summed E-state index contributed by atoms with van der Waals surface area (Å²) in [6.07, 6.45) is 3.49. The molecule has 154 valence electrons. The molecule has 1 rings (SSSR count). The summed E-state index contributed by atoms with van der Waals surface area (Å²) in [5.41, 5.74) is 1.36. The molecular formula is C22H41N5. The molecule has 0 aromatic heterocycles. The molecule has 1 aromatic rings. The lowest BCUT2D eigenvalue weighted by Crippen LogP contribution is -2.40. The molecule has 2 N–H and O–H groups in total. The Kier molecular flexibility index (Phi) is 12.6. The molecule has 0 saturated carbocycles. The minimum Gasteiger partial charge on any atom is -0.356 e. The molecule has 1 atom stereocenters. The zero-order valence-electron chi connectivity index (χ0n) is 18.2. The standard InChI is InChI=1S/C22H41N5/c1-6-27(7-2)18-12-11-16-24-22(23-4)25-17-15-20(3)26(5)19-21-13-9-8-10-14-21/h8-10,13-14,20H,6-7,11-12,15-19H2,1-5H3,(H2,23,24,25). The second kappa shape index (κ2) is 14.5. The number of aliphatic imine (C=N–C) groups is 1. The maximum atomic E-state index is 4.33. The summed E-state index contributed by atoms with van der Waals surface area (Å²) < 4.78 is 0. The van der Waals surface area contributed by atoms with Gasteiger partial charge in [-0.2, -0.15) is 0 Å². The van der Waals surface area contributed by atoms with Crippen molar-refractivity contribution >= 4 is 5.96 Å². The normalized spacial score (nSPS) is 13.2. The number of hydrogen-bond acceptors (Lipinski definition) is 3. The summed E-state index contributed by atoms with van der Waals surface area (Å²) in [4.78, 5) is 9.21. The first-order chi connectivity index (χ1) is 13.1. The zero-order valence-corrected chi connectivity index (χ0v) is 18.2. The second-order valence-electron chi connectivity index (χ2n) is 7.20. The van der Waals surface area contributed by atoms with Crippen LogP contribution in [0.3, 0.4) is 0 Å². The molecule has 0 aliphatic rings. The van der Waals surface area contributed by atoms with Crippen LogP contribution in [0.5, 0.6) is 0 Å². The minimum absolute atomic E-state index is 0.518. The number of benzene rings is 1. The maximum Gasteiger partial charge on any atom is 0.190 e. The van der Waals surface area contributed by atoms with Gasteiger partial charge >= 0.3 is 0 Å². The lowest BCUT2D eigenvalue weighted by atomic mass is 10.1. The van der Waals surface area contributed by atoms with Crippen molar-refractivity contribution in [3.05, 3.63) is 35.9 Å². The highest BCUT2D eigenvalue weighted by Gasteiger charge is 2.09. The molecule has 0 spiro atoms. The second-order valence-corrected chi connectivity index (χ2v) is 7.20. The first kappa shape index (κ1) is 23.4. The Morgan fingerprint density at radius 1 is 1.04 bits per heavy atom. The largest absolute Gasteiger partial charge is 0.356 e. The molecular weight excluding hydrogens is 334 g/mol. The predicted molar refractivity (Wildman–Crippen MR) is 118 cm³/mol. The van der Waals surface area contributed by atoms with Gasteiger partial charge in [0.25, 0.3) is 0 Å². The third-order valence-electron chi connectivity index (χ3n) is 5.19. The molecule has 1 aromatic carbocycles. The van der Waals surface area contributed by atoms with E-state index in [0.29, 0.717) is 6.04 Å². The highest BCUT2D eigenvalue weighted by Crippen LogP contribution is 2.07. The smallest absolute Gasteiger partial charge is 0.190 e. The molecule has 0 amide bonds. The molecule has 5 nitrogen and oxygen atoms in total. The van der Waals surface area contributed by atoms with E-state index in [9.17, 15) is 0 Å². The lowest BCUT2D eigenvalue weighted by Gasteiger charge is -2.25. The Morgan fingerprint density at radius 3 is 2.33 bits per heavy atom. The zero-order chi connectivity index (χ0) is 19.9. The van der Waals surface area contributed by atoms with Crippen molar-refractivity contribution in [3.63, 3.8) is 0 Å². The van der Waals surface area contributed by atoms with Crippen molar-refractivity contribution < 1.29 is 0 Å². The molecule has 1 unspecified atom stereocenters. The molecule has 0 bridgehead atoms. The van der Waals surface area contributed by atoms with E-state index in [2.05, 4.69) is 83.6 Å². The number of guanidine groups is 1. The van der Waals surface area contributed by atoms with E-state index < -0.39 is 0 Å². The Hall–Kier alpha value is -1.59. The van der Waals surface area contributed by atoms with Crippen molar-refractivity contribution in [3.8, 4) is 0 Å². The van der Waals surface area contributed by atoms with E-state index in [-0.39, 0.29) is 0 Å². The Labute approximate surface area is 167 Å². The van der Waals surface area contributed by atoms with E-state index in [0.717, 1.165) is 45.1 Å². The van der Waals surface area contributed by atoms with E-state index >= 15 is 0 Å². The van der Waals surface area contributed by atoms with Gasteiger partial charge in [0.1, 0.15) is 0 Å². The van der Waals surface area contributed by atoms with E-state index in [1.807, 2.05) is 7.05 Å². The molecule has 0 heterocycles. The molecule has 0 fully saturated rings. The van der Waals surface area contributed by atoms with Crippen molar-refractivity contribution in [1.82, 2.24) is 20.4 Å². The highest BCUT2D eigenvalue weighted by atomic mass is 15.2. The van der Waals surface area contributed by atoms with Crippen LogP contribution in [0.2, 0.25) is 0 Å². The molecule has 5 heteroatoms. The number of unbranched alkanes of at least 4 members (excludes halogenated alkanes) is 1. The van der Waals surface area contributed by atoms with Gasteiger partial charge in [0.15, 0.2) is 5.96 Å². The maximum absolute atomic E-state index is 4.33.